The Hall–Kier alpha value is -4.23. The van der Waals surface area contributed by atoms with Gasteiger partial charge >= 0.3 is 0 Å². The number of nitrogens with one attached hydrogen (secondary N) is 3. The molecule has 0 aliphatic carbocycles. The van der Waals surface area contributed by atoms with Crippen LogP contribution in [-0.4, -0.2) is 27.8 Å². The van der Waals surface area contributed by atoms with E-state index in [1.54, 1.807) is 0 Å². The summed E-state index contributed by atoms with van der Waals surface area (Å²) in [5.74, 6) is -1.08. The second-order valence-electron chi connectivity index (χ2n) is 8.66. The lowest BCUT2D eigenvalue weighted by Crippen LogP contribution is -2.47. The van der Waals surface area contributed by atoms with Gasteiger partial charge in [-0.05, 0) is 29.7 Å². The Balaban J connectivity index is 1.46. The van der Waals surface area contributed by atoms with Gasteiger partial charge in [0, 0.05) is 28.9 Å². The van der Waals surface area contributed by atoms with Crippen LogP contribution >= 0.6 is 11.3 Å². The van der Waals surface area contributed by atoms with E-state index in [4.69, 9.17) is 0 Å². The molecule has 0 aliphatic rings. The van der Waals surface area contributed by atoms with E-state index in [1.165, 1.54) is 11.3 Å². The fraction of sp³-hybridized carbons (Fsp3) is 0.138. The monoisotopic (exact) mass is 494 g/mol. The van der Waals surface area contributed by atoms with Gasteiger partial charge in [0.15, 0.2) is 5.13 Å². The third-order valence-corrected chi connectivity index (χ3v) is 6.98. The molecule has 3 aromatic carbocycles. The van der Waals surface area contributed by atoms with Crippen LogP contribution in [0.15, 0.2) is 96.5 Å². The first-order valence-electron chi connectivity index (χ1n) is 11.8. The van der Waals surface area contributed by atoms with Crippen LogP contribution in [0.3, 0.4) is 0 Å². The number of aryl methyl sites for hydroxylation is 1. The fourth-order valence-corrected chi connectivity index (χ4v) is 5.07. The summed E-state index contributed by atoms with van der Waals surface area (Å²) in [5, 5.41) is 9.36. The third-order valence-electron chi connectivity index (χ3n) is 6.11. The summed E-state index contributed by atoms with van der Waals surface area (Å²) in [6.07, 6.45) is 2.23. The number of hydrogen-bond donors (Lipinski definition) is 3. The number of aromatic amines is 1. The molecule has 3 N–H and O–H groups in total. The van der Waals surface area contributed by atoms with E-state index in [0.29, 0.717) is 11.6 Å². The highest BCUT2D eigenvalue weighted by Gasteiger charge is 2.29. The molecule has 0 radical (unpaired) electrons. The van der Waals surface area contributed by atoms with Gasteiger partial charge in [0.2, 0.25) is 11.8 Å². The van der Waals surface area contributed by atoms with E-state index in [0.717, 1.165) is 33.3 Å². The van der Waals surface area contributed by atoms with E-state index >= 15 is 0 Å². The van der Waals surface area contributed by atoms with Crippen molar-refractivity contribution in [3.63, 3.8) is 0 Å². The maximum absolute atomic E-state index is 13.8. The van der Waals surface area contributed by atoms with Crippen molar-refractivity contribution in [3.8, 4) is 0 Å². The molecule has 0 spiro atoms. The Morgan fingerprint density at radius 3 is 2.17 bits per heavy atom. The van der Waals surface area contributed by atoms with Crippen molar-refractivity contribution >= 4 is 39.2 Å². The summed E-state index contributed by atoms with van der Waals surface area (Å²) >= 11 is 1.36. The van der Waals surface area contributed by atoms with Crippen LogP contribution in [0.5, 0.6) is 0 Å². The molecular formula is C29H26N4O2S. The lowest BCUT2D eigenvalue weighted by Gasteiger charge is -2.23. The summed E-state index contributed by atoms with van der Waals surface area (Å²) in [5.41, 5.74) is 4.50. The number of carbonyl (C=O) groups is 2. The van der Waals surface area contributed by atoms with Gasteiger partial charge in [-0.15, -0.1) is 11.3 Å². The van der Waals surface area contributed by atoms with E-state index in [9.17, 15) is 9.59 Å². The van der Waals surface area contributed by atoms with Crippen LogP contribution in [-0.2, 0) is 16.0 Å². The Morgan fingerprint density at radius 1 is 0.889 bits per heavy atom. The molecule has 7 heteroatoms. The molecule has 0 unspecified atom stereocenters. The van der Waals surface area contributed by atoms with Crippen molar-refractivity contribution in [2.75, 3.05) is 5.32 Å². The number of hydrogen-bond acceptors (Lipinski definition) is 4. The SMILES string of the molecule is Cc1csc(NC(=O)[C@@H](Cc2c[nH]c3ccccc23)NC(=O)C(c2ccccc2)c2ccccc2)n1. The number of carbonyl (C=O) groups excluding carboxylic acids is 2. The molecule has 0 bridgehead atoms. The second-order valence-corrected chi connectivity index (χ2v) is 9.52. The number of para-hydroxylation sites is 1. The van der Waals surface area contributed by atoms with Gasteiger partial charge in [0.1, 0.15) is 6.04 Å². The van der Waals surface area contributed by atoms with E-state index in [1.807, 2.05) is 103 Å². The largest absolute Gasteiger partial charge is 0.361 e. The molecule has 0 saturated carbocycles. The van der Waals surface area contributed by atoms with Gasteiger partial charge in [0.05, 0.1) is 11.6 Å². The van der Waals surface area contributed by atoms with Crippen molar-refractivity contribution in [2.24, 2.45) is 0 Å². The van der Waals surface area contributed by atoms with Crippen molar-refractivity contribution < 1.29 is 9.59 Å². The first kappa shape index (κ1) is 23.5. The number of benzene rings is 3. The zero-order valence-electron chi connectivity index (χ0n) is 19.8. The van der Waals surface area contributed by atoms with Crippen molar-refractivity contribution in [2.45, 2.75) is 25.3 Å². The minimum atomic E-state index is -0.796. The predicted octanol–water partition coefficient (Wildman–Crippen LogP) is 5.43. The molecule has 5 rings (SSSR count). The number of H-pyrrole nitrogens is 1. The van der Waals surface area contributed by atoms with Crippen molar-refractivity contribution in [3.05, 3.63) is 119 Å². The second kappa shape index (κ2) is 10.6. The quantitative estimate of drug-likeness (QED) is 0.269. The summed E-state index contributed by atoms with van der Waals surface area (Å²) in [6, 6.07) is 26.4. The molecule has 5 aromatic rings. The normalized spacial score (nSPS) is 11.9. The summed E-state index contributed by atoms with van der Waals surface area (Å²) < 4.78 is 0. The number of rotatable bonds is 8. The fourth-order valence-electron chi connectivity index (χ4n) is 4.37. The molecule has 0 aliphatic heterocycles. The summed E-state index contributed by atoms with van der Waals surface area (Å²) in [7, 11) is 0. The van der Waals surface area contributed by atoms with Gasteiger partial charge in [-0.3, -0.25) is 9.59 Å². The molecule has 1 atom stereocenters. The molecule has 2 aromatic heterocycles. The third kappa shape index (κ3) is 5.21. The van der Waals surface area contributed by atoms with Crippen molar-refractivity contribution in [1.82, 2.24) is 15.3 Å². The topological polar surface area (TPSA) is 86.9 Å². The molecular weight excluding hydrogens is 468 g/mol. The maximum Gasteiger partial charge on any atom is 0.249 e. The number of nitrogens with zero attached hydrogens (tertiary/aromatic N) is 1. The Morgan fingerprint density at radius 2 is 1.53 bits per heavy atom. The molecule has 0 fully saturated rings. The summed E-state index contributed by atoms with van der Waals surface area (Å²) in [4.78, 5) is 34.9. The zero-order chi connectivity index (χ0) is 24.9. The number of anilines is 1. The Labute approximate surface area is 213 Å². The number of fused-ring (bicyclic) bond motifs is 1. The van der Waals surface area contributed by atoms with Crippen LogP contribution in [0.1, 0.15) is 28.3 Å². The van der Waals surface area contributed by atoms with Crippen LogP contribution < -0.4 is 10.6 Å². The molecule has 36 heavy (non-hydrogen) atoms. The number of thiazole rings is 1. The highest BCUT2D eigenvalue weighted by molar-refractivity contribution is 7.13. The number of aromatic nitrogens is 2. The van der Waals surface area contributed by atoms with Gasteiger partial charge in [-0.25, -0.2) is 4.98 Å². The number of amides is 2. The van der Waals surface area contributed by atoms with Crippen LogP contribution in [0.25, 0.3) is 10.9 Å². The van der Waals surface area contributed by atoms with Crippen LogP contribution in [0.4, 0.5) is 5.13 Å². The zero-order valence-corrected chi connectivity index (χ0v) is 20.6. The van der Waals surface area contributed by atoms with Crippen LogP contribution in [0.2, 0.25) is 0 Å². The van der Waals surface area contributed by atoms with E-state index < -0.39 is 12.0 Å². The van der Waals surface area contributed by atoms with Gasteiger partial charge in [-0.2, -0.15) is 0 Å². The Bertz CT molecular complexity index is 1440. The highest BCUT2D eigenvalue weighted by atomic mass is 32.1. The lowest BCUT2D eigenvalue weighted by atomic mass is 9.90. The first-order valence-corrected chi connectivity index (χ1v) is 12.6. The van der Waals surface area contributed by atoms with E-state index in [-0.39, 0.29) is 11.8 Å². The molecule has 6 nitrogen and oxygen atoms in total. The molecule has 180 valence electrons. The smallest absolute Gasteiger partial charge is 0.249 e. The molecule has 0 saturated heterocycles. The Kier molecular flexibility index (Phi) is 6.91. The van der Waals surface area contributed by atoms with Gasteiger partial charge in [-0.1, -0.05) is 78.9 Å². The summed E-state index contributed by atoms with van der Waals surface area (Å²) in [6.45, 7) is 1.88. The van der Waals surface area contributed by atoms with Crippen molar-refractivity contribution in [1.29, 1.82) is 0 Å². The average molecular weight is 495 g/mol. The lowest BCUT2D eigenvalue weighted by molar-refractivity contribution is -0.126. The van der Waals surface area contributed by atoms with E-state index in [2.05, 4.69) is 20.6 Å². The van der Waals surface area contributed by atoms with Gasteiger partial charge < -0.3 is 15.6 Å². The predicted molar refractivity (Wildman–Crippen MR) is 144 cm³/mol. The molecule has 2 amide bonds. The van der Waals surface area contributed by atoms with Crippen LogP contribution in [0, 0.1) is 6.92 Å². The maximum atomic E-state index is 13.8. The first-order chi connectivity index (χ1) is 17.6. The molecule has 2 heterocycles. The average Bonchev–Trinajstić information content (AvgIpc) is 3.50. The standard InChI is InChI=1S/C29H26N4O2S/c1-19-18-36-29(31-19)33-27(34)25(16-22-17-30-24-15-9-8-14-23(22)24)32-28(35)26(20-10-4-2-5-11-20)21-12-6-3-7-13-21/h2-15,17-18,25-26,30H,16H2,1H3,(H,32,35)(H,31,33,34)/t25-/m1/s1. The highest BCUT2D eigenvalue weighted by Crippen LogP contribution is 2.26. The minimum Gasteiger partial charge on any atom is -0.361 e. The minimum absolute atomic E-state index is 0.234. The van der Waals surface area contributed by atoms with Gasteiger partial charge in [0.25, 0.3) is 0 Å².